The smallest absolute Gasteiger partial charge is 0.191 e. The molecular weight excluding hydrogens is 517 g/mol. The van der Waals surface area contributed by atoms with E-state index in [1.807, 2.05) is 12.4 Å². The number of hydrogen-bond donors (Lipinski definition) is 2. The van der Waals surface area contributed by atoms with Crippen molar-refractivity contribution in [3.63, 3.8) is 0 Å². The van der Waals surface area contributed by atoms with Gasteiger partial charge in [-0.05, 0) is 50.9 Å². The van der Waals surface area contributed by atoms with Crippen molar-refractivity contribution in [3.8, 4) is 0 Å². The van der Waals surface area contributed by atoms with Crippen LogP contribution >= 0.6 is 24.0 Å². The summed E-state index contributed by atoms with van der Waals surface area (Å²) in [6.07, 6.45) is 13.4. The van der Waals surface area contributed by atoms with Crippen LogP contribution in [-0.4, -0.2) is 57.8 Å². The molecule has 2 aliphatic rings. The van der Waals surface area contributed by atoms with Crippen molar-refractivity contribution in [1.29, 1.82) is 0 Å². The Bertz CT molecular complexity index is 795. The largest absolute Gasteiger partial charge is 0.468 e. The molecule has 4 rings (SSSR count). The monoisotopic (exact) mass is 555 g/mol. The van der Waals surface area contributed by atoms with Crippen molar-refractivity contribution < 1.29 is 4.42 Å². The van der Waals surface area contributed by atoms with E-state index < -0.39 is 0 Å². The third-order valence-electron chi connectivity index (χ3n) is 6.48. The fourth-order valence-electron chi connectivity index (χ4n) is 4.72. The molecule has 178 valence electrons. The van der Waals surface area contributed by atoms with E-state index >= 15 is 0 Å². The van der Waals surface area contributed by atoms with Gasteiger partial charge in [-0.2, -0.15) is 0 Å². The first kappa shape index (κ1) is 25.0. The maximum Gasteiger partial charge on any atom is 0.191 e. The van der Waals surface area contributed by atoms with Gasteiger partial charge in [0.2, 0.25) is 0 Å². The van der Waals surface area contributed by atoms with E-state index in [4.69, 9.17) is 9.41 Å². The van der Waals surface area contributed by atoms with Crippen LogP contribution in [0, 0.1) is 0 Å². The van der Waals surface area contributed by atoms with Crippen LogP contribution in [0.25, 0.3) is 0 Å². The van der Waals surface area contributed by atoms with E-state index in [1.165, 1.54) is 44.9 Å². The summed E-state index contributed by atoms with van der Waals surface area (Å²) in [7, 11) is 0. The molecule has 1 unspecified atom stereocenters. The molecule has 2 aromatic heterocycles. The molecule has 1 aliphatic carbocycles. The predicted octanol–water partition coefficient (Wildman–Crippen LogP) is 3.76. The maximum absolute atomic E-state index is 5.78. The SMILES string of the molecule is CCc1nncn1CCNC(=NCC(c1ccco1)N1CCCC1)NC1CCCCC1.I. The van der Waals surface area contributed by atoms with Crippen LogP contribution in [0.15, 0.2) is 34.1 Å². The summed E-state index contributed by atoms with van der Waals surface area (Å²) in [4.78, 5) is 7.54. The van der Waals surface area contributed by atoms with Crippen molar-refractivity contribution >= 4 is 29.9 Å². The van der Waals surface area contributed by atoms with Crippen molar-refractivity contribution in [2.75, 3.05) is 26.2 Å². The van der Waals surface area contributed by atoms with E-state index in [1.54, 1.807) is 6.26 Å². The summed E-state index contributed by atoms with van der Waals surface area (Å²) in [5.41, 5.74) is 0. The molecule has 2 fully saturated rings. The summed E-state index contributed by atoms with van der Waals surface area (Å²) < 4.78 is 7.89. The normalized spacial score (nSPS) is 19.0. The van der Waals surface area contributed by atoms with Crippen molar-refractivity contribution in [2.45, 2.75) is 76.9 Å². The number of nitrogens with zero attached hydrogens (tertiary/aromatic N) is 5. The Balaban J connectivity index is 0.00000289. The number of aliphatic imine (C=N–C) groups is 1. The van der Waals surface area contributed by atoms with Gasteiger partial charge in [-0.15, -0.1) is 34.2 Å². The standard InChI is InChI=1S/C23H37N7O.HI/c1-2-22-28-26-18-30(22)15-12-24-23(27-19-9-4-3-5-10-19)25-17-20(21-11-8-16-31-21)29-13-6-7-14-29;/h8,11,16,18-20H,2-7,9-10,12-15,17H2,1H3,(H2,24,25,27);1H. The predicted molar refractivity (Wildman–Crippen MR) is 137 cm³/mol. The minimum atomic E-state index is 0. The van der Waals surface area contributed by atoms with E-state index in [-0.39, 0.29) is 30.0 Å². The van der Waals surface area contributed by atoms with Crippen LogP contribution in [0.2, 0.25) is 0 Å². The summed E-state index contributed by atoms with van der Waals surface area (Å²) in [5.74, 6) is 2.95. The first-order valence-corrected chi connectivity index (χ1v) is 12.0. The highest BCUT2D eigenvalue weighted by atomic mass is 127. The van der Waals surface area contributed by atoms with Crippen LogP contribution in [0.5, 0.6) is 0 Å². The molecule has 0 amide bonds. The number of halogens is 1. The highest BCUT2D eigenvalue weighted by Crippen LogP contribution is 2.26. The van der Waals surface area contributed by atoms with Gasteiger partial charge >= 0.3 is 0 Å². The number of furan rings is 1. The van der Waals surface area contributed by atoms with E-state index in [2.05, 4.69) is 43.3 Å². The molecule has 2 N–H and O–H groups in total. The molecule has 1 saturated carbocycles. The van der Waals surface area contributed by atoms with Crippen LogP contribution in [-0.2, 0) is 13.0 Å². The summed E-state index contributed by atoms with van der Waals surface area (Å²) in [5, 5.41) is 15.5. The zero-order chi connectivity index (χ0) is 21.3. The zero-order valence-electron chi connectivity index (χ0n) is 19.2. The van der Waals surface area contributed by atoms with Crippen LogP contribution in [0.1, 0.15) is 69.5 Å². The first-order chi connectivity index (χ1) is 15.3. The second kappa shape index (κ2) is 13.2. The Morgan fingerprint density at radius 2 is 2.03 bits per heavy atom. The van der Waals surface area contributed by atoms with E-state index in [0.29, 0.717) is 12.6 Å². The number of likely N-dealkylation sites (tertiary alicyclic amines) is 1. The quantitative estimate of drug-likeness (QED) is 0.279. The molecule has 9 heteroatoms. The molecule has 0 spiro atoms. The Morgan fingerprint density at radius 1 is 1.22 bits per heavy atom. The number of hydrogen-bond acceptors (Lipinski definition) is 5. The van der Waals surface area contributed by atoms with Crippen molar-refractivity contribution in [3.05, 3.63) is 36.3 Å². The molecule has 8 nitrogen and oxygen atoms in total. The Hall–Kier alpha value is -1.62. The van der Waals surface area contributed by atoms with Gasteiger partial charge in [-0.25, -0.2) is 0 Å². The average molecular weight is 556 g/mol. The van der Waals surface area contributed by atoms with Crippen molar-refractivity contribution in [2.24, 2.45) is 4.99 Å². The first-order valence-electron chi connectivity index (χ1n) is 12.0. The lowest BCUT2D eigenvalue weighted by Crippen LogP contribution is -2.45. The average Bonchev–Trinajstić information content (AvgIpc) is 3.57. The minimum absolute atomic E-state index is 0. The summed E-state index contributed by atoms with van der Waals surface area (Å²) >= 11 is 0. The third kappa shape index (κ3) is 6.94. The molecule has 0 bridgehead atoms. The molecule has 32 heavy (non-hydrogen) atoms. The van der Waals surface area contributed by atoms with Gasteiger partial charge in [-0.1, -0.05) is 26.2 Å². The Labute approximate surface area is 208 Å². The molecule has 1 atom stereocenters. The molecule has 2 aromatic rings. The topological polar surface area (TPSA) is 83.5 Å². The van der Waals surface area contributed by atoms with Crippen LogP contribution < -0.4 is 10.6 Å². The van der Waals surface area contributed by atoms with Gasteiger partial charge < -0.3 is 19.6 Å². The molecule has 3 heterocycles. The van der Waals surface area contributed by atoms with E-state index in [9.17, 15) is 0 Å². The Kier molecular flexibility index (Phi) is 10.3. The lowest BCUT2D eigenvalue weighted by atomic mass is 9.96. The van der Waals surface area contributed by atoms with Gasteiger partial charge in [0.15, 0.2) is 5.96 Å². The number of nitrogens with one attached hydrogen (secondary N) is 2. The van der Waals surface area contributed by atoms with Gasteiger partial charge in [0, 0.05) is 25.6 Å². The lowest BCUT2D eigenvalue weighted by molar-refractivity contribution is 0.221. The fraction of sp³-hybridized carbons (Fsp3) is 0.696. The van der Waals surface area contributed by atoms with E-state index in [0.717, 1.165) is 50.1 Å². The molecule has 1 saturated heterocycles. The van der Waals surface area contributed by atoms with Gasteiger partial charge in [0.1, 0.15) is 17.9 Å². The Morgan fingerprint density at radius 3 is 2.75 bits per heavy atom. The van der Waals surface area contributed by atoms with Gasteiger partial charge in [0.25, 0.3) is 0 Å². The highest BCUT2D eigenvalue weighted by Gasteiger charge is 2.25. The lowest BCUT2D eigenvalue weighted by Gasteiger charge is -2.27. The van der Waals surface area contributed by atoms with Gasteiger partial charge in [-0.3, -0.25) is 9.89 Å². The number of guanidine groups is 1. The summed E-state index contributed by atoms with van der Waals surface area (Å²) in [6, 6.07) is 4.77. The van der Waals surface area contributed by atoms with Gasteiger partial charge in [0.05, 0.1) is 18.8 Å². The zero-order valence-corrected chi connectivity index (χ0v) is 21.5. The number of rotatable bonds is 9. The van der Waals surface area contributed by atoms with Crippen LogP contribution in [0.3, 0.4) is 0 Å². The molecule has 1 aliphatic heterocycles. The third-order valence-corrected chi connectivity index (χ3v) is 6.48. The number of aryl methyl sites for hydroxylation is 1. The van der Waals surface area contributed by atoms with Crippen LogP contribution in [0.4, 0.5) is 0 Å². The fourth-order valence-corrected chi connectivity index (χ4v) is 4.72. The minimum Gasteiger partial charge on any atom is -0.468 e. The van der Waals surface area contributed by atoms with Crippen molar-refractivity contribution in [1.82, 2.24) is 30.3 Å². The maximum atomic E-state index is 5.78. The number of aromatic nitrogens is 3. The molecule has 0 aromatic carbocycles. The summed E-state index contributed by atoms with van der Waals surface area (Å²) in [6.45, 7) is 6.66. The molecular formula is C23H38IN7O. The second-order valence-corrected chi connectivity index (χ2v) is 8.66. The molecule has 0 radical (unpaired) electrons. The highest BCUT2D eigenvalue weighted by molar-refractivity contribution is 14.0. The second-order valence-electron chi connectivity index (χ2n) is 8.66.